The van der Waals surface area contributed by atoms with Crippen molar-refractivity contribution in [3.05, 3.63) is 91.1 Å². The molecule has 0 aliphatic rings. The topological polar surface area (TPSA) is 28.7 Å². The molecule has 0 spiro atoms. The Morgan fingerprint density at radius 1 is 0.633 bits per heavy atom. The molecule has 4 aromatic carbocycles. The number of fused-ring (bicyclic) bond motifs is 8. The lowest BCUT2D eigenvalue weighted by atomic mass is 10.0. The predicted molar refractivity (Wildman–Crippen MR) is 129 cm³/mol. The highest BCUT2D eigenvalue weighted by molar-refractivity contribution is 7.25. The fourth-order valence-corrected chi connectivity index (χ4v) is 5.71. The quantitative estimate of drug-likeness (QED) is 0.298. The first-order chi connectivity index (χ1) is 14.8. The Bertz CT molecular complexity index is 1740. The molecule has 0 unspecified atom stereocenters. The lowest BCUT2D eigenvalue weighted by Gasteiger charge is -2.01. The van der Waals surface area contributed by atoms with Gasteiger partial charge in [0, 0.05) is 53.6 Å². The van der Waals surface area contributed by atoms with E-state index in [4.69, 9.17) is 0 Å². The molecule has 0 fully saturated rings. The van der Waals surface area contributed by atoms with Crippen molar-refractivity contribution < 1.29 is 0 Å². The summed E-state index contributed by atoms with van der Waals surface area (Å²) >= 11 is 1.85. The van der Waals surface area contributed by atoms with Gasteiger partial charge in [-0.05, 0) is 41.8 Å². The summed E-state index contributed by atoms with van der Waals surface area (Å²) in [4.78, 5) is 8.22. The van der Waals surface area contributed by atoms with Crippen molar-refractivity contribution in [1.82, 2.24) is 9.97 Å². The Balaban J connectivity index is 1.56. The van der Waals surface area contributed by atoms with Gasteiger partial charge in [-0.15, -0.1) is 11.3 Å². The zero-order valence-corrected chi connectivity index (χ0v) is 16.8. The highest BCUT2D eigenvalue weighted by atomic mass is 32.1. The van der Waals surface area contributed by atoms with Crippen LogP contribution in [0.2, 0.25) is 0 Å². The Morgan fingerprint density at radius 2 is 1.53 bits per heavy atom. The molecule has 2 nitrogen and oxygen atoms in total. The first-order valence-corrected chi connectivity index (χ1v) is 10.9. The van der Waals surface area contributed by atoms with Gasteiger partial charge in [0.15, 0.2) is 0 Å². The molecule has 0 saturated heterocycles. The van der Waals surface area contributed by atoms with Crippen molar-refractivity contribution in [2.45, 2.75) is 0 Å². The lowest BCUT2D eigenvalue weighted by molar-refractivity contribution is 1.33. The van der Waals surface area contributed by atoms with E-state index in [-0.39, 0.29) is 0 Å². The minimum atomic E-state index is 1.01. The van der Waals surface area contributed by atoms with Crippen LogP contribution in [0.1, 0.15) is 0 Å². The fraction of sp³-hybridized carbons (Fsp3) is 0. The summed E-state index contributed by atoms with van der Waals surface area (Å²) in [6, 6.07) is 30.5. The van der Waals surface area contributed by atoms with Gasteiger partial charge in [0.25, 0.3) is 0 Å². The molecule has 0 amide bonds. The van der Waals surface area contributed by atoms with Crippen LogP contribution in [0.15, 0.2) is 91.1 Å². The normalized spacial score (nSPS) is 12.0. The number of nitrogens with zero attached hydrogens (tertiary/aromatic N) is 1. The SMILES string of the molecule is c1ccc(-c2ccc3sc4cc5[nH]c6c7ccccc7ccc6c5cc4c3c2)nc1. The van der Waals surface area contributed by atoms with Crippen LogP contribution < -0.4 is 0 Å². The number of aromatic amines is 1. The highest BCUT2D eigenvalue weighted by Crippen LogP contribution is 2.40. The Morgan fingerprint density at radius 3 is 2.47 bits per heavy atom. The Kier molecular flexibility index (Phi) is 3.18. The van der Waals surface area contributed by atoms with Crippen LogP contribution in [0.3, 0.4) is 0 Å². The van der Waals surface area contributed by atoms with Crippen molar-refractivity contribution in [3.63, 3.8) is 0 Å². The number of hydrogen-bond donors (Lipinski definition) is 1. The molecule has 0 aliphatic heterocycles. The summed E-state index contributed by atoms with van der Waals surface area (Å²) in [6.07, 6.45) is 1.85. The second-order valence-corrected chi connectivity index (χ2v) is 8.84. The van der Waals surface area contributed by atoms with E-state index in [1.165, 1.54) is 52.8 Å². The molecule has 3 heterocycles. The Labute approximate surface area is 176 Å². The van der Waals surface area contributed by atoms with Crippen LogP contribution in [-0.2, 0) is 0 Å². The summed E-state index contributed by atoms with van der Waals surface area (Å²) in [7, 11) is 0. The molecular weight excluding hydrogens is 384 g/mol. The average Bonchev–Trinajstić information content (AvgIpc) is 3.35. The van der Waals surface area contributed by atoms with Gasteiger partial charge in [0.05, 0.1) is 11.2 Å². The van der Waals surface area contributed by atoms with E-state index in [1.807, 2.05) is 29.7 Å². The number of aromatic nitrogens is 2. The van der Waals surface area contributed by atoms with Crippen LogP contribution in [0.5, 0.6) is 0 Å². The largest absolute Gasteiger partial charge is 0.354 e. The van der Waals surface area contributed by atoms with Crippen LogP contribution in [0.4, 0.5) is 0 Å². The van der Waals surface area contributed by atoms with Crippen LogP contribution >= 0.6 is 11.3 Å². The minimum absolute atomic E-state index is 1.01. The lowest BCUT2D eigenvalue weighted by Crippen LogP contribution is -1.81. The average molecular weight is 401 g/mol. The van der Waals surface area contributed by atoms with Gasteiger partial charge in [-0.2, -0.15) is 0 Å². The summed E-state index contributed by atoms with van der Waals surface area (Å²) in [5.41, 5.74) is 4.59. The fourth-order valence-electron chi connectivity index (χ4n) is 4.61. The molecule has 1 N–H and O–H groups in total. The molecule has 0 saturated carbocycles. The van der Waals surface area contributed by atoms with E-state index in [1.54, 1.807) is 0 Å². The molecule has 7 rings (SSSR count). The summed E-state index contributed by atoms with van der Waals surface area (Å²) < 4.78 is 2.62. The van der Waals surface area contributed by atoms with Crippen molar-refractivity contribution in [3.8, 4) is 11.3 Å². The Hall–Kier alpha value is -3.69. The molecule has 7 aromatic rings. The third-order valence-corrected chi connectivity index (χ3v) is 7.18. The molecule has 3 heteroatoms. The van der Waals surface area contributed by atoms with Crippen molar-refractivity contribution in [2.75, 3.05) is 0 Å². The number of hydrogen-bond acceptors (Lipinski definition) is 2. The predicted octanol–water partition coefficient (Wildman–Crippen LogP) is 7.90. The summed E-state index contributed by atoms with van der Waals surface area (Å²) in [5.74, 6) is 0. The van der Waals surface area contributed by atoms with Gasteiger partial charge in [-0.3, -0.25) is 4.98 Å². The van der Waals surface area contributed by atoms with Gasteiger partial charge in [0.2, 0.25) is 0 Å². The number of benzene rings is 4. The smallest absolute Gasteiger partial charge is 0.0702 e. The second-order valence-electron chi connectivity index (χ2n) is 7.76. The minimum Gasteiger partial charge on any atom is -0.354 e. The molecule has 140 valence electrons. The van der Waals surface area contributed by atoms with Crippen LogP contribution in [-0.4, -0.2) is 9.97 Å². The van der Waals surface area contributed by atoms with E-state index >= 15 is 0 Å². The number of thiophene rings is 1. The molecule has 0 atom stereocenters. The van der Waals surface area contributed by atoms with Crippen molar-refractivity contribution >= 4 is 64.1 Å². The molecule has 0 bridgehead atoms. The number of nitrogens with one attached hydrogen (secondary N) is 1. The summed E-state index contributed by atoms with van der Waals surface area (Å²) in [5, 5.41) is 7.72. The van der Waals surface area contributed by atoms with Gasteiger partial charge >= 0.3 is 0 Å². The van der Waals surface area contributed by atoms with E-state index in [9.17, 15) is 0 Å². The van der Waals surface area contributed by atoms with Crippen LogP contribution in [0.25, 0.3) is 64.0 Å². The van der Waals surface area contributed by atoms with E-state index in [0.717, 1.165) is 11.3 Å². The maximum Gasteiger partial charge on any atom is 0.0702 e. The molecule has 3 aromatic heterocycles. The van der Waals surface area contributed by atoms with E-state index < -0.39 is 0 Å². The molecule has 0 radical (unpaired) electrons. The van der Waals surface area contributed by atoms with Gasteiger partial charge in [-0.25, -0.2) is 0 Å². The van der Waals surface area contributed by atoms with Crippen LogP contribution in [0, 0.1) is 0 Å². The summed E-state index contributed by atoms with van der Waals surface area (Å²) in [6.45, 7) is 0. The first kappa shape index (κ1) is 16.1. The van der Waals surface area contributed by atoms with Gasteiger partial charge in [-0.1, -0.05) is 48.5 Å². The van der Waals surface area contributed by atoms with Gasteiger partial charge < -0.3 is 4.98 Å². The molecular formula is C27H16N2S. The highest BCUT2D eigenvalue weighted by Gasteiger charge is 2.13. The third-order valence-electron chi connectivity index (χ3n) is 6.05. The number of H-pyrrole nitrogens is 1. The number of rotatable bonds is 1. The van der Waals surface area contributed by atoms with Gasteiger partial charge in [0.1, 0.15) is 0 Å². The third kappa shape index (κ3) is 2.21. The maximum absolute atomic E-state index is 4.53. The van der Waals surface area contributed by atoms with Crippen molar-refractivity contribution in [2.24, 2.45) is 0 Å². The maximum atomic E-state index is 4.53. The molecule has 0 aliphatic carbocycles. The van der Waals surface area contributed by atoms with Crippen molar-refractivity contribution in [1.29, 1.82) is 0 Å². The molecule has 30 heavy (non-hydrogen) atoms. The second kappa shape index (κ2) is 5.91. The standard InChI is InChI=1S/C27H16N2S/c1-2-6-18-16(5-1)8-10-19-20-14-22-21-13-17(23-7-3-4-12-28-23)9-11-25(21)30-26(22)15-24(20)29-27(18)19/h1-15,29H. The van der Waals surface area contributed by atoms with E-state index in [2.05, 4.69) is 82.8 Å². The zero-order chi connectivity index (χ0) is 19.7. The number of pyridine rings is 1. The first-order valence-electron chi connectivity index (χ1n) is 10.1. The zero-order valence-electron chi connectivity index (χ0n) is 16.0. The monoisotopic (exact) mass is 400 g/mol. The van der Waals surface area contributed by atoms with E-state index in [0.29, 0.717) is 0 Å².